The minimum absolute atomic E-state index is 0.171. The molecule has 1 aliphatic rings. The van der Waals surface area contributed by atoms with E-state index in [1.165, 1.54) is 0 Å². The Labute approximate surface area is 118 Å². The summed E-state index contributed by atoms with van der Waals surface area (Å²) in [6.07, 6.45) is 2.86. The van der Waals surface area contributed by atoms with Crippen molar-refractivity contribution < 1.29 is 14.2 Å². The Hall–Kier alpha value is -0.160. The third kappa shape index (κ3) is 5.78. The molecule has 0 aromatic carbocycles. The summed E-state index contributed by atoms with van der Waals surface area (Å²) >= 11 is 0. The van der Waals surface area contributed by atoms with Crippen LogP contribution in [0.1, 0.15) is 40.5 Å². The lowest BCUT2D eigenvalue weighted by Crippen LogP contribution is -2.60. The number of likely N-dealkylation sites (N-methyl/N-ethyl adjacent to an activating group) is 1. The van der Waals surface area contributed by atoms with E-state index in [0.717, 1.165) is 19.4 Å². The molecule has 0 radical (unpaired) electrons. The highest BCUT2D eigenvalue weighted by molar-refractivity contribution is 4.97. The number of methoxy groups -OCH3 is 1. The van der Waals surface area contributed by atoms with Crippen molar-refractivity contribution >= 4 is 0 Å². The Kier molecular flexibility index (Phi) is 7.91. The predicted molar refractivity (Wildman–Crippen MR) is 77.5 cm³/mol. The second kappa shape index (κ2) is 8.90. The molecular weight excluding hydrogens is 242 g/mol. The molecule has 0 aromatic rings. The molecule has 0 spiro atoms. The summed E-state index contributed by atoms with van der Waals surface area (Å²) in [6.45, 7) is 11.0. The molecule has 4 unspecified atom stereocenters. The van der Waals surface area contributed by atoms with Gasteiger partial charge in [-0.1, -0.05) is 20.8 Å². The maximum absolute atomic E-state index is 6.11. The SMILES string of the molecule is CCNC1CC(OC(C)CC(C)C)C1OCCOC. The lowest BCUT2D eigenvalue weighted by molar-refractivity contribution is -0.170. The van der Waals surface area contributed by atoms with Gasteiger partial charge in [-0.3, -0.25) is 0 Å². The normalized spacial score (nSPS) is 28.4. The molecule has 4 atom stereocenters. The van der Waals surface area contributed by atoms with E-state index in [1.54, 1.807) is 7.11 Å². The first kappa shape index (κ1) is 16.9. The minimum atomic E-state index is 0.171. The van der Waals surface area contributed by atoms with Gasteiger partial charge in [0, 0.05) is 13.2 Å². The fourth-order valence-electron chi connectivity index (χ4n) is 2.69. The Morgan fingerprint density at radius 2 is 1.95 bits per heavy atom. The van der Waals surface area contributed by atoms with Crippen molar-refractivity contribution in [3.8, 4) is 0 Å². The number of hydrogen-bond acceptors (Lipinski definition) is 4. The van der Waals surface area contributed by atoms with Crippen LogP contribution in [0, 0.1) is 5.92 Å². The minimum Gasteiger partial charge on any atom is -0.382 e. The first-order valence-electron chi connectivity index (χ1n) is 7.57. The van der Waals surface area contributed by atoms with E-state index in [-0.39, 0.29) is 12.2 Å². The number of hydrogen-bond donors (Lipinski definition) is 1. The number of ether oxygens (including phenoxy) is 3. The Morgan fingerprint density at radius 3 is 2.53 bits per heavy atom. The molecule has 1 saturated carbocycles. The molecule has 4 heteroatoms. The zero-order valence-electron chi connectivity index (χ0n) is 13.1. The molecule has 1 fully saturated rings. The molecule has 114 valence electrons. The summed E-state index contributed by atoms with van der Waals surface area (Å²) in [6, 6.07) is 0.429. The standard InChI is InChI=1S/C15H31NO3/c1-6-16-13-10-14(15(13)18-8-7-17-5)19-12(4)9-11(2)3/h11-16H,6-10H2,1-5H3. The van der Waals surface area contributed by atoms with E-state index in [4.69, 9.17) is 14.2 Å². The average molecular weight is 273 g/mol. The number of nitrogens with one attached hydrogen (secondary N) is 1. The van der Waals surface area contributed by atoms with Crippen LogP contribution in [0.25, 0.3) is 0 Å². The second-order valence-corrected chi connectivity index (χ2v) is 5.84. The molecule has 1 N–H and O–H groups in total. The monoisotopic (exact) mass is 273 g/mol. The van der Waals surface area contributed by atoms with E-state index >= 15 is 0 Å². The lowest BCUT2D eigenvalue weighted by atomic mass is 9.84. The van der Waals surface area contributed by atoms with Crippen molar-refractivity contribution in [2.24, 2.45) is 5.92 Å². The van der Waals surface area contributed by atoms with Crippen LogP contribution in [0.4, 0.5) is 0 Å². The average Bonchev–Trinajstić information content (AvgIpc) is 2.32. The Bertz CT molecular complexity index is 235. The van der Waals surface area contributed by atoms with E-state index in [9.17, 15) is 0 Å². The first-order valence-corrected chi connectivity index (χ1v) is 7.57. The summed E-state index contributed by atoms with van der Waals surface area (Å²) in [5.74, 6) is 0.674. The van der Waals surface area contributed by atoms with Crippen molar-refractivity contribution in [2.45, 2.75) is 64.9 Å². The zero-order valence-corrected chi connectivity index (χ0v) is 13.1. The predicted octanol–water partition coefficient (Wildman–Crippen LogP) is 2.22. The Balaban J connectivity index is 2.34. The summed E-state index contributed by atoms with van der Waals surface area (Å²) < 4.78 is 17.0. The van der Waals surface area contributed by atoms with Gasteiger partial charge in [0.05, 0.1) is 31.5 Å². The largest absolute Gasteiger partial charge is 0.382 e. The molecule has 4 nitrogen and oxygen atoms in total. The van der Waals surface area contributed by atoms with Gasteiger partial charge in [-0.2, -0.15) is 0 Å². The molecule has 19 heavy (non-hydrogen) atoms. The summed E-state index contributed by atoms with van der Waals surface area (Å²) in [4.78, 5) is 0. The smallest absolute Gasteiger partial charge is 0.0991 e. The summed E-state index contributed by atoms with van der Waals surface area (Å²) in [7, 11) is 1.70. The van der Waals surface area contributed by atoms with Gasteiger partial charge in [0.15, 0.2) is 0 Å². The van der Waals surface area contributed by atoms with Gasteiger partial charge < -0.3 is 19.5 Å². The topological polar surface area (TPSA) is 39.7 Å². The van der Waals surface area contributed by atoms with Crippen molar-refractivity contribution in [1.82, 2.24) is 5.32 Å². The molecular formula is C15H31NO3. The van der Waals surface area contributed by atoms with Crippen LogP contribution in [-0.4, -0.2) is 51.2 Å². The molecule has 1 rings (SSSR count). The van der Waals surface area contributed by atoms with Crippen LogP contribution < -0.4 is 5.32 Å². The first-order chi connectivity index (χ1) is 9.08. The quantitative estimate of drug-likeness (QED) is 0.620. The fourth-order valence-corrected chi connectivity index (χ4v) is 2.69. The van der Waals surface area contributed by atoms with Crippen LogP contribution in [0.15, 0.2) is 0 Å². The highest BCUT2D eigenvalue weighted by atomic mass is 16.6. The Morgan fingerprint density at radius 1 is 1.21 bits per heavy atom. The fraction of sp³-hybridized carbons (Fsp3) is 1.00. The third-order valence-electron chi connectivity index (χ3n) is 3.52. The van der Waals surface area contributed by atoms with Gasteiger partial charge in [0.25, 0.3) is 0 Å². The molecule has 0 aromatic heterocycles. The van der Waals surface area contributed by atoms with Gasteiger partial charge in [0.2, 0.25) is 0 Å². The van der Waals surface area contributed by atoms with Crippen LogP contribution in [-0.2, 0) is 14.2 Å². The van der Waals surface area contributed by atoms with Crippen molar-refractivity contribution in [2.75, 3.05) is 26.9 Å². The van der Waals surface area contributed by atoms with Crippen molar-refractivity contribution in [3.63, 3.8) is 0 Å². The van der Waals surface area contributed by atoms with Crippen LogP contribution in [0.3, 0.4) is 0 Å². The van der Waals surface area contributed by atoms with Gasteiger partial charge in [-0.05, 0) is 32.2 Å². The van der Waals surface area contributed by atoms with Gasteiger partial charge >= 0.3 is 0 Å². The van der Waals surface area contributed by atoms with Crippen LogP contribution in [0.5, 0.6) is 0 Å². The summed E-state index contributed by atoms with van der Waals surface area (Å²) in [5.41, 5.74) is 0. The molecule has 0 aliphatic heterocycles. The molecule has 1 aliphatic carbocycles. The van der Waals surface area contributed by atoms with Crippen molar-refractivity contribution in [3.05, 3.63) is 0 Å². The van der Waals surface area contributed by atoms with E-state index in [1.807, 2.05) is 0 Å². The molecule has 0 amide bonds. The maximum Gasteiger partial charge on any atom is 0.0991 e. The maximum atomic E-state index is 6.11. The van der Waals surface area contributed by atoms with Gasteiger partial charge in [0.1, 0.15) is 0 Å². The van der Waals surface area contributed by atoms with Crippen molar-refractivity contribution in [1.29, 1.82) is 0 Å². The molecule has 0 bridgehead atoms. The highest BCUT2D eigenvalue weighted by Gasteiger charge is 2.43. The summed E-state index contributed by atoms with van der Waals surface area (Å²) in [5, 5.41) is 3.46. The van der Waals surface area contributed by atoms with E-state index < -0.39 is 0 Å². The van der Waals surface area contributed by atoms with E-state index in [0.29, 0.717) is 31.3 Å². The van der Waals surface area contributed by atoms with Crippen LogP contribution in [0.2, 0.25) is 0 Å². The van der Waals surface area contributed by atoms with Crippen LogP contribution >= 0.6 is 0 Å². The third-order valence-corrected chi connectivity index (χ3v) is 3.52. The molecule has 0 saturated heterocycles. The van der Waals surface area contributed by atoms with Gasteiger partial charge in [-0.25, -0.2) is 0 Å². The zero-order chi connectivity index (χ0) is 14.3. The molecule has 0 heterocycles. The highest BCUT2D eigenvalue weighted by Crippen LogP contribution is 2.29. The second-order valence-electron chi connectivity index (χ2n) is 5.84. The lowest BCUT2D eigenvalue weighted by Gasteiger charge is -2.45. The number of rotatable bonds is 10. The van der Waals surface area contributed by atoms with Gasteiger partial charge in [-0.15, -0.1) is 0 Å². The van der Waals surface area contributed by atoms with E-state index in [2.05, 4.69) is 33.0 Å².